The van der Waals surface area contributed by atoms with E-state index in [1.54, 1.807) is 6.92 Å². The number of hydrogen-bond acceptors (Lipinski definition) is 3. The first-order valence-electron chi connectivity index (χ1n) is 8.54. The first kappa shape index (κ1) is 19.6. The predicted molar refractivity (Wildman–Crippen MR) is 98.8 cm³/mol. The SMILES string of the molecule is CCc1ccc(CN(C)C(C)C(=O)NNC(=O)c2ccc(F)cc2)cc1. The fourth-order valence-corrected chi connectivity index (χ4v) is 2.40. The molecule has 2 aromatic carbocycles. The van der Waals surface area contributed by atoms with Crippen LogP contribution >= 0.6 is 0 Å². The number of carbonyl (C=O) groups excluding carboxylic acids is 2. The first-order chi connectivity index (χ1) is 12.4. The Morgan fingerprint density at radius 2 is 1.58 bits per heavy atom. The van der Waals surface area contributed by atoms with E-state index >= 15 is 0 Å². The minimum absolute atomic E-state index is 0.267. The van der Waals surface area contributed by atoms with Crippen molar-refractivity contribution >= 4 is 11.8 Å². The second-order valence-electron chi connectivity index (χ2n) is 6.21. The zero-order valence-corrected chi connectivity index (χ0v) is 15.3. The Balaban J connectivity index is 1.85. The van der Waals surface area contributed by atoms with E-state index < -0.39 is 17.8 Å². The van der Waals surface area contributed by atoms with Crippen LogP contribution in [0.2, 0.25) is 0 Å². The van der Waals surface area contributed by atoms with E-state index in [4.69, 9.17) is 0 Å². The topological polar surface area (TPSA) is 61.4 Å². The summed E-state index contributed by atoms with van der Waals surface area (Å²) in [6, 6.07) is 12.9. The van der Waals surface area contributed by atoms with Gasteiger partial charge in [-0.05, 0) is 55.8 Å². The number of benzene rings is 2. The van der Waals surface area contributed by atoms with Gasteiger partial charge in [0.1, 0.15) is 5.82 Å². The molecule has 0 bridgehead atoms. The van der Waals surface area contributed by atoms with Gasteiger partial charge in [-0.2, -0.15) is 0 Å². The highest BCUT2D eigenvalue weighted by molar-refractivity contribution is 5.95. The summed E-state index contributed by atoms with van der Waals surface area (Å²) in [6.45, 7) is 4.48. The third-order valence-corrected chi connectivity index (χ3v) is 4.31. The number of hydrazine groups is 1. The van der Waals surface area contributed by atoms with E-state index in [2.05, 4.69) is 42.0 Å². The fourth-order valence-electron chi connectivity index (χ4n) is 2.40. The summed E-state index contributed by atoms with van der Waals surface area (Å²) in [5.74, 6) is -1.25. The van der Waals surface area contributed by atoms with Gasteiger partial charge in [0.2, 0.25) is 0 Å². The van der Waals surface area contributed by atoms with Gasteiger partial charge in [0.15, 0.2) is 0 Å². The third-order valence-electron chi connectivity index (χ3n) is 4.31. The van der Waals surface area contributed by atoms with Gasteiger partial charge in [-0.3, -0.25) is 25.3 Å². The number of carbonyl (C=O) groups is 2. The summed E-state index contributed by atoms with van der Waals surface area (Å²) in [6.07, 6.45) is 0.989. The summed E-state index contributed by atoms with van der Waals surface area (Å²) in [5, 5.41) is 0. The number of halogens is 1. The Bertz CT molecular complexity index is 745. The van der Waals surface area contributed by atoms with Crippen LogP contribution in [0.15, 0.2) is 48.5 Å². The number of likely N-dealkylation sites (N-methyl/N-ethyl adjacent to an activating group) is 1. The van der Waals surface area contributed by atoms with Crippen LogP contribution in [0, 0.1) is 5.82 Å². The Kier molecular flexibility index (Phi) is 6.86. The number of nitrogens with zero attached hydrogens (tertiary/aromatic N) is 1. The molecular formula is C20H24FN3O2. The van der Waals surface area contributed by atoms with Gasteiger partial charge in [-0.25, -0.2) is 4.39 Å². The molecule has 2 aromatic rings. The van der Waals surface area contributed by atoms with Crippen molar-refractivity contribution in [3.05, 3.63) is 71.0 Å². The highest BCUT2D eigenvalue weighted by atomic mass is 19.1. The standard InChI is InChI=1S/C20H24FN3O2/c1-4-15-5-7-16(8-6-15)13-24(3)14(2)19(25)22-23-20(26)17-9-11-18(21)12-10-17/h5-12,14H,4,13H2,1-3H3,(H,22,25)(H,23,26). The van der Waals surface area contributed by atoms with Crippen molar-refractivity contribution in [1.82, 2.24) is 15.8 Å². The molecule has 0 saturated heterocycles. The van der Waals surface area contributed by atoms with Crippen LogP contribution in [0.25, 0.3) is 0 Å². The van der Waals surface area contributed by atoms with E-state index in [0.717, 1.165) is 12.0 Å². The molecule has 0 heterocycles. The monoisotopic (exact) mass is 357 g/mol. The molecule has 1 atom stereocenters. The first-order valence-corrected chi connectivity index (χ1v) is 8.54. The van der Waals surface area contributed by atoms with Crippen LogP contribution in [0.1, 0.15) is 35.3 Å². The minimum Gasteiger partial charge on any atom is -0.291 e. The highest BCUT2D eigenvalue weighted by Gasteiger charge is 2.19. The molecule has 0 aliphatic rings. The Hall–Kier alpha value is -2.73. The van der Waals surface area contributed by atoms with E-state index in [-0.39, 0.29) is 11.5 Å². The molecule has 2 amide bonds. The number of amides is 2. The quantitative estimate of drug-likeness (QED) is 0.782. The maximum absolute atomic E-state index is 12.9. The molecule has 0 aliphatic heterocycles. The van der Waals surface area contributed by atoms with Crippen molar-refractivity contribution in [3.8, 4) is 0 Å². The van der Waals surface area contributed by atoms with E-state index in [9.17, 15) is 14.0 Å². The van der Waals surface area contributed by atoms with Gasteiger partial charge >= 0.3 is 0 Å². The zero-order chi connectivity index (χ0) is 19.1. The number of rotatable bonds is 6. The molecule has 2 rings (SSSR count). The van der Waals surface area contributed by atoms with Crippen molar-refractivity contribution in [1.29, 1.82) is 0 Å². The predicted octanol–water partition coefficient (Wildman–Crippen LogP) is 2.67. The summed E-state index contributed by atoms with van der Waals surface area (Å²) < 4.78 is 12.9. The molecule has 2 N–H and O–H groups in total. The molecule has 0 radical (unpaired) electrons. The van der Waals surface area contributed by atoms with Crippen molar-refractivity contribution in [2.24, 2.45) is 0 Å². The summed E-state index contributed by atoms with van der Waals surface area (Å²) in [4.78, 5) is 26.1. The summed E-state index contributed by atoms with van der Waals surface area (Å²) in [5.41, 5.74) is 7.40. The fraction of sp³-hybridized carbons (Fsp3) is 0.300. The van der Waals surface area contributed by atoms with Crippen LogP contribution < -0.4 is 10.9 Å². The Labute approximate surface area is 153 Å². The smallest absolute Gasteiger partial charge is 0.269 e. The van der Waals surface area contributed by atoms with Crippen molar-refractivity contribution in [2.75, 3.05) is 7.05 Å². The van der Waals surface area contributed by atoms with E-state index in [1.165, 1.54) is 29.8 Å². The molecule has 0 aromatic heterocycles. The van der Waals surface area contributed by atoms with Crippen molar-refractivity contribution < 1.29 is 14.0 Å². The van der Waals surface area contributed by atoms with Crippen LogP contribution in [0.3, 0.4) is 0 Å². The number of aryl methyl sites for hydroxylation is 1. The zero-order valence-electron chi connectivity index (χ0n) is 15.3. The summed E-state index contributed by atoms with van der Waals surface area (Å²) in [7, 11) is 1.85. The van der Waals surface area contributed by atoms with Gasteiger partial charge in [0.05, 0.1) is 6.04 Å². The molecule has 0 spiro atoms. The lowest BCUT2D eigenvalue weighted by atomic mass is 10.1. The average molecular weight is 357 g/mol. The lowest BCUT2D eigenvalue weighted by Gasteiger charge is -2.24. The largest absolute Gasteiger partial charge is 0.291 e. The Morgan fingerprint density at radius 1 is 1.00 bits per heavy atom. The van der Waals surface area contributed by atoms with Crippen molar-refractivity contribution in [3.63, 3.8) is 0 Å². The molecule has 6 heteroatoms. The van der Waals surface area contributed by atoms with Gasteiger partial charge in [-0.15, -0.1) is 0 Å². The van der Waals surface area contributed by atoms with Gasteiger partial charge in [-0.1, -0.05) is 31.2 Å². The minimum atomic E-state index is -0.497. The molecule has 0 aliphatic carbocycles. The number of hydrogen-bond donors (Lipinski definition) is 2. The summed E-state index contributed by atoms with van der Waals surface area (Å²) >= 11 is 0. The maximum atomic E-state index is 12.9. The lowest BCUT2D eigenvalue weighted by molar-refractivity contribution is -0.126. The van der Waals surface area contributed by atoms with E-state index in [1.807, 2.05) is 11.9 Å². The van der Waals surface area contributed by atoms with Crippen LogP contribution in [0.5, 0.6) is 0 Å². The molecule has 26 heavy (non-hydrogen) atoms. The molecule has 0 saturated carbocycles. The Morgan fingerprint density at radius 3 is 2.15 bits per heavy atom. The lowest BCUT2D eigenvalue weighted by Crippen LogP contribution is -2.50. The van der Waals surface area contributed by atoms with Crippen LogP contribution in [0.4, 0.5) is 4.39 Å². The van der Waals surface area contributed by atoms with Crippen LogP contribution in [-0.4, -0.2) is 29.8 Å². The normalized spacial score (nSPS) is 11.9. The second-order valence-corrected chi connectivity index (χ2v) is 6.21. The molecule has 1 unspecified atom stereocenters. The van der Waals surface area contributed by atoms with Gasteiger partial charge in [0, 0.05) is 12.1 Å². The molecular weight excluding hydrogens is 333 g/mol. The molecule has 138 valence electrons. The second kappa shape index (κ2) is 9.10. The van der Waals surface area contributed by atoms with Gasteiger partial charge in [0.25, 0.3) is 11.8 Å². The van der Waals surface area contributed by atoms with Gasteiger partial charge < -0.3 is 0 Å². The maximum Gasteiger partial charge on any atom is 0.269 e. The molecule has 5 nitrogen and oxygen atoms in total. The third kappa shape index (κ3) is 5.39. The van der Waals surface area contributed by atoms with Crippen LogP contribution in [-0.2, 0) is 17.8 Å². The average Bonchev–Trinajstić information content (AvgIpc) is 2.66. The highest BCUT2D eigenvalue weighted by Crippen LogP contribution is 2.09. The molecule has 0 fully saturated rings. The van der Waals surface area contributed by atoms with Crippen molar-refractivity contribution in [2.45, 2.75) is 32.9 Å². The number of nitrogens with one attached hydrogen (secondary N) is 2. The van der Waals surface area contributed by atoms with E-state index in [0.29, 0.717) is 6.54 Å².